The van der Waals surface area contributed by atoms with E-state index in [-0.39, 0.29) is 82.5 Å². The van der Waals surface area contributed by atoms with Crippen molar-refractivity contribution in [3.8, 4) is 5.75 Å². The first-order valence-electron chi connectivity index (χ1n) is 41.7. The number of aliphatic hydroxyl groups excluding tert-OH is 2. The Kier molecular flexibility index (Phi) is 32.3. The molecule has 1 aromatic heterocycles. The number of aromatic nitrogens is 1. The molecule has 30 nitrogen and oxygen atoms in total. The summed E-state index contributed by atoms with van der Waals surface area (Å²) in [5.41, 5.74) is 18.8. The number of fused-ring (bicyclic) bond motifs is 7. The van der Waals surface area contributed by atoms with Crippen LogP contribution in [0.5, 0.6) is 5.75 Å². The lowest BCUT2D eigenvalue weighted by molar-refractivity contribution is -0.436. The Hall–Kier alpha value is -12.5. The van der Waals surface area contributed by atoms with Gasteiger partial charge in [-0.2, -0.15) is 4.58 Å². The topological polar surface area (TPSA) is 457 Å². The number of unbranched alkanes of at least 4 members (excludes halogenated alkanes) is 1. The Bertz CT molecular complexity index is 5460. The van der Waals surface area contributed by atoms with Crippen molar-refractivity contribution in [2.45, 2.75) is 171 Å². The van der Waals surface area contributed by atoms with E-state index < -0.39 is 142 Å². The number of allylic oxidation sites excluding steroid dienone is 8. The van der Waals surface area contributed by atoms with Crippen LogP contribution in [0.3, 0.4) is 0 Å². The average molecular weight is 1740 g/mol. The predicted octanol–water partition coefficient (Wildman–Crippen LogP) is 6.76. The summed E-state index contributed by atoms with van der Waals surface area (Å²) < 4.78 is 2.14. The molecule has 125 heavy (non-hydrogen) atoms. The highest BCUT2D eigenvalue weighted by Crippen LogP contribution is 2.51. The number of nitrogens with one attached hydrogen (secondary N) is 11. The number of phenolic OH excluding ortho intramolecular Hbond substituents is 1. The molecule has 3 aliphatic heterocycles. The van der Waals surface area contributed by atoms with E-state index in [1.807, 2.05) is 66.8 Å². The van der Waals surface area contributed by atoms with E-state index in [2.05, 4.69) is 144 Å². The van der Waals surface area contributed by atoms with Gasteiger partial charge in [0.25, 0.3) is 0 Å². The number of nitrogens with two attached hydrogens (primary N) is 1. The van der Waals surface area contributed by atoms with Gasteiger partial charge in [0, 0.05) is 102 Å². The normalized spacial score (nSPS) is 20.3. The van der Waals surface area contributed by atoms with Crippen molar-refractivity contribution in [3.05, 3.63) is 234 Å². The standard InChI is InChI=1S/C93H108N14O16S2/c1-55(108)82-90(121)102-72(89(120)104-83(56(2)109)91(122)123)54-125-124-53-71(88(119)99-69(50-58-34-38-62(110)39-35-58)86(117)100-70(51-61-52-95-66-30-20-19-27-63(61)66)87(118)98-67(84(115)103-82)31-21-22-45-94)101-85(116)68(49-57-23-11-10-12-24-57)97-77(111)42-46-96-105-78(112)43-47-106-73-40-36-59-25-15-17-28-64(59)80(73)92(3,4)75(106)32-13-8-7-9-14-33-76-93(5,6)81-65-29-18-16-26-60(65)37-41-74(81)107(76)48-44-79(113)114/h7-20,23-30,32-41,52,55-56,67-72,82-83,95-96,108-109H,21-22,31,42-51,53-54,94H2,1-6H3,(H11-,97,98,99,100,101,102,103,104,105,110,111,112,113,114,115,116,117,118,119,120,121,122,123)/p+1/t55-,56-,67+,68-,69+,70-,71+,72-,82-,83+/m1/s1. The molecule has 11 rings (SSSR count). The predicted molar refractivity (Wildman–Crippen MR) is 482 cm³/mol. The number of carbonyl (C=O) groups is 11. The van der Waals surface area contributed by atoms with Gasteiger partial charge in [0.15, 0.2) is 18.3 Å². The number of hydrogen-bond donors (Lipinski definition) is 17. The maximum Gasteiger partial charge on any atom is 0.328 e. The summed E-state index contributed by atoms with van der Waals surface area (Å²) in [6.07, 6.45) is 11.8. The second-order valence-corrected chi connectivity index (χ2v) is 34.8. The van der Waals surface area contributed by atoms with E-state index in [0.717, 1.165) is 84.0 Å². The van der Waals surface area contributed by atoms with Crippen molar-refractivity contribution < 1.29 is 82.8 Å². The van der Waals surface area contributed by atoms with Crippen molar-refractivity contribution in [1.82, 2.24) is 58.4 Å². The smallest absolute Gasteiger partial charge is 0.328 e. The quantitative estimate of drug-likeness (QED) is 0.00680. The van der Waals surface area contributed by atoms with Crippen LogP contribution in [0.4, 0.5) is 11.4 Å². The molecule has 1 saturated heterocycles. The van der Waals surface area contributed by atoms with Gasteiger partial charge in [-0.15, -0.1) is 0 Å². The molecule has 658 valence electrons. The molecule has 10 atom stereocenters. The zero-order valence-corrected chi connectivity index (χ0v) is 72.1. The Morgan fingerprint density at radius 1 is 0.616 bits per heavy atom. The lowest BCUT2D eigenvalue weighted by atomic mass is 9.79. The minimum Gasteiger partial charge on any atom is -0.508 e. The van der Waals surface area contributed by atoms with E-state index in [4.69, 9.17) is 5.73 Å². The van der Waals surface area contributed by atoms with E-state index in [9.17, 15) is 59.1 Å². The molecule has 0 spiro atoms. The molecule has 8 aromatic rings. The molecule has 0 bridgehead atoms. The summed E-state index contributed by atoms with van der Waals surface area (Å²) in [7, 11) is 1.73. The van der Waals surface area contributed by atoms with Gasteiger partial charge < -0.3 is 83.7 Å². The summed E-state index contributed by atoms with van der Waals surface area (Å²) in [5, 5.41) is 77.9. The number of carboxylic acids is 2. The van der Waals surface area contributed by atoms with E-state index in [1.54, 1.807) is 60.8 Å². The summed E-state index contributed by atoms with van der Waals surface area (Å²) in [5.74, 6) is -11.4. The molecular formula is C93H109N14O16S2+. The number of hydrazine groups is 1. The van der Waals surface area contributed by atoms with Crippen LogP contribution in [0.15, 0.2) is 206 Å². The molecule has 0 unspecified atom stereocenters. The highest BCUT2D eigenvalue weighted by Gasteiger charge is 2.47. The number of aliphatic carboxylic acids is 2. The molecule has 0 radical (unpaired) electrons. The van der Waals surface area contributed by atoms with Crippen molar-refractivity contribution >= 4 is 136 Å². The Morgan fingerprint density at radius 3 is 1.93 bits per heavy atom. The number of aromatic hydroxyl groups is 1. The number of rotatable bonds is 32. The number of aromatic amines is 1. The number of aliphatic hydroxyl groups is 2. The van der Waals surface area contributed by atoms with Gasteiger partial charge in [0.2, 0.25) is 58.9 Å². The zero-order chi connectivity index (χ0) is 89.7. The highest BCUT2D eigenvalue weighted by atomic mass is 33.1. The fraction of sp³-hybridized carbons (Fsp3) is 0.355. The number of amides is 9. The first kappa shape index (κ1) is 93.2. The van der Waals surface area contributed by atoms with Gasteiger partial charge in [-0.25, -0.2) is 10.2 Å². The fourth-order valence-electron chi connectivity index (χ4n) is 16.0. The number of hydrogen-bond acceptors (Lipinski definition) is 19. The average Bonchev–Trinajstić information content (AvgIpc) is 1.58. The number of para-hydroxylation sites is 1. The Labute approximate surface area is 732 Å². The van der Waals surface area contributed by atoms with Crippen LogP contribution in [0.2, 0.25) is 0 Å². The minimum absolute atomic E-state index is 0.00771. The van der Waals surface area contributed by atoms with Crippen LogP contribution in [-0.2, 0) is 82.8 Å². The first-order valence-corrected chi connectivity index (χ1v) is 44.2. The van der Waals surface area contributed by atoms with Gasteiger partial charge in [-0.1, -0.05) is 181 Å². The van der Waals surface area contributed by atoms with Crippen molar-refractivity contribution in [3.63, 3.8) is 0 Å². The number of phenols is 1. The van der Waals surface area contributed by atoms with Crippen LogP contribution >= 0.6 is 21.6 Å². The second-order valence-electron chi connectivity index (χ2n) is 32.3. The summed E-state index contributed by atoms with van der Waals surface area (Å²) >= 11 is 0. The lowest BCUT2D eigenvalue weighted by Crippen LogP contribution is -2.62. The molecule has 0 saturated carbocycles. The minimum atomic E-state index is -1.89. The highest BCUT2D eigenvalue weighted by molar-refractivity contribution is 8.76. The van der Waals surface area contributed by atoms with Gasteiger partial charge >= 0.3 is 11.9 Å². The summed E-state index contributed by atoms with van der Waals surface area (Å²) in [4.78, 5) is 162. The second kappa shape index (κ2) is 43.2. The van der Waals surface area contributed by atoms with Crippen LogP contribution in [-0.4, -0.2) is 204 Å². The van der Waals surface area contributed by atoms with Gasteiger partial charge in [-0.05, 0) is 134 Å². The summed E-state index contributed by atoms with van der Waals surface area (Å²) in [6, 6.07) is 33.2. The maximum atomic E-state index is 15.4. The van der Waals surface area contributed by atoms with Crippen LogP contribution < -0.4 is 64.0 Å². The molecular weight excluding hydrogens is 1630 g/mol. The molecule has 4 heterocycles. The van der Waals surface area contributed by atoms with Crippen molar-refractivity contribution in [2.75, 3.05) is 42.6 Å². The summed E-state index contributed by atoms with van der Waals surface area (Å²) in [6.45, 7) is 11.6. The molecule has 3 aliphatic rings. The largest absolute Gasteiger partial charge is 0.508 e. The lowest BCUT2D eigenvalue weighted by Gasteiger charge is -2.29. The third-order valence-electron chi connectivity index (χ3n) is 22.5. The zero-order valence-electron chi connectivity index (χ0n) is 70.4. The molecule has 9 amide bonds. The number of benzene rings is 7. The molecule has 7 aromatic carbocycles. The number of nitrogens with zero attached hydrogens (tertiary/aromatic N) is 2. The Morgan fingerprint density at radius 2 is 1.24 bits per heavy atom. The number of anilines is 1. The van der Waals surface area contributed by atoms with Gasteiger partial charge in [-0.3, -0.25) is 53.4 Å². The maximum absolute atomic E-state index is 15.4. The first-order chi connectivity index (χ1) is 59.9. The Balaban J connectivity index is 0.818. The SMILES string of the molecule is C[C@@H](O)[C@H](NC(=O)[C@H]1CSSC[C@H](NC(=O)[C@@H](Cc2ccccc2)NC(=O)CCNNC(=O)CC[N+]2=C(/C=C/C=C/C=C/C=C3/N(CCC(=O)O)c4ccc5ccccc5c4C3(C)C)C(C)(C)c3c2ccc2ccccc32)C(=O)N[C@@H](Cc2ccc(O)cc2)C(=O)N[C@H](Cc2c[nH]c3ccccc23)C(=O)N[C@@H](CCCCN)C(=O)N[C@H]([C@@H](C)O)C(=O)N1)C(=O)O. The van der Waals surface area contributed by atoms with Gasteiger partial charge in [0.1, 0.15) is 48.0 Å². The van der Waals surface area contributed by atoms with E-state index in [1.165, 1.54) is 31.2 Å². The molecule has 0 aliphatic carbocycles. The fourth-order valence-corrected chi connectivity index (χ4v) is 18.3. The molecule has 32 heteroatoms. The number of carbonyl (C=O) groups excluding carboxylic acids is 9. The molecule has 1 fully saturated rings. The van der Waals surface area contributed by atoms with E-state index in [0.29, 0.717) is 40.6 Å². The van der Waals surface area contributed by atoms with Crippen LogP contribution in [0.1, 0.15) is 108 Å². The van der Waals surface area contributed by atoms with Gasteiger partial charge in [0.05, 0.1) is 30.5 Å². The van der Waals surface area contributed by atoms with Crippen LogP contribution in [0, 0.1) is 0 Å². The van der Waals surface area contributed by atoms with Crippen LogP contribution in [0.25, 0.3) is 32.4 Å². The monoisotopic (exact) mass is 1740 g/mol. The van der Waals surface area contributed by atoms with Crippen molar-refractivity contribution in [2.24, 2.45) is 5.73 Å². The number of H-pyrrole nitrogens is 1. The van der Waals surface area contributed by atoms with E-state index >= 15 is 19.2 Å². The number of carboxylic acid groups (broad SMARTS) is 2. The van der Waals surface area contributed by atoms with Crippen molar-refractivity contribution in [1.29, 1.82) is 0 Å². The molecule has 18 N–H and O–H groups in total. The third kappa shape index (κ3) is 23.9. The third-order valence-corrected chi connectivity index (χ3v) is 24.9.